The minimum atomic E-state index is -0.0976. The Labute approximate surface area is 130 Å². The number of aromatic nitrogens is 6. The summed E-state index contributed by atoms with van der Waals surface area (Å²) in [5.41, 5.74) is 2.18. The molecule has 0 saturated carbocycles. The summed E-state index contributed by atoms with van der Waals surface area (Å²) >= 11 is 0. The normalized spacial score (nSPS) is 13.6. The van der Waals surface area contributed by atoms with E-state index in [4.69, 9.17) is 0 Å². The van der Waals surface area contributed by atoms with E-state index in [1.54, 1.807) is 24.3 Å². The van der Waals surface area contributed by atoms with Crippen LogP contribution in [0.1, 0.15) is 0 Å². The smallest absolute Gasteiger partial charge is 0.245 e. The fourth-order valence-corrected chi connectivity index (χ4v) is 2.34. The average Bonchev–Trinajstić information content (AvgIpc) is 3.09. The molecule has 0 saturated heterocycles. The number of anilines is 2. The van der Waals surface area contributed by atoms with Gasteiger partial charge >= 0.3 is 0 Å². The van der Waals surface area contributed by atoms with Gasteiger partial charge in [-0.2, -0.15) is 5.10 Å². The number of pyridine rings is 1. The van der Waals surface area contributed by atoms with Crippen molar-refractivity contribution in [1.29, 1.82) is 0 Å². The first kappa shape index (κ1) is 13.3. The number of likely N-dealkylation sites (N-methyl/N-ethyl adjacent to an activating group) is 1. The lowest BCUT2D eigenvalue weighted by Crippen LogP contribution is -2.36. The second-order valence-electron chi connectivity index (χ2n) is 5.09. The Morgan fingerprint density at radius 1 is 1.13 bits per heavy atom. The first-order valence-corrected chi connectivity index (χ1v) is 6.91. The maximum Gasteiger partial charge on any atom is 0.245 e. The number of nitrogens with zero attached hydrogens (tertiary/aromatic N) is 6. The van der Waals surface area contributed by atoms with Crippen LogP contribution in [0.5, 0.6) is 0 Å². The number of nitrogens with one attached hydrogen (secondary N) is 2. The van der Waals surface area contributed by atoms with Crippen LogP contribution in [-0.4, -0.2) is 49.6 Å². The molecule has 0 bridgehead atoms. The Balaban J connectivity index is 1.68. The predicted octanol–water partition coefficient (Wildman–Crippen LogP) is 0.712. The average molecular weight is 308 g/mol. The zero-order valence-electron chi connectivity index (χ0n) is 12.2. The van der Waals surface area contributed by atoms with Gasteiger partial charge in [-0.1, -0.05) is 0 Å². The van der Waals surface area contributed by atoms with Gasteiger partial charge in [0, 0.05) is 18.8 Å². The summed E-state index contributed by atoms with van der Waals surface area (Å²) in [5, 5.41) is 9.35. The van der Waals surface area contributed by atoms with Gasteiger partial charge in [0.05, 0.1) is 18.4 Å². The quantitative estimate of drug-likeness (QED) is 0.717. The molecule has 0 radical (unpaired) electrons. The molecule has 3 aromatic rings. The van der Waals surface area contributed by atoms with Crippen molar-refractivity contribution in [3.63, 3.8) is 0 Å². The van der Waals surface area contributed by atoms with E-state index in [1.165, 1.54) is 6.33 Å². The highest BCUT2D eigenvalue weighted by molar-refractivity contribution is 5.99. The summed E-state index contributed by atoms with van der Waals surface area (Å²) in [6.07, 6.45) is 4.81. The number of carbonyl (C=O) groups is 1. The number of carbonyl (C=O) groups excluding carboxylic acids is 1. The van der Waals surface area contributed by atoms with E-state index in [1.807, 2.05) is 12.1 Å². The van der Waals surface area contributed by atoms with Crippen molar-refractivity contribution in [3.8, 4) is 22.8 Å². The second-order valence-corrected chi connectivity index (χ2v) is 5.09. The molecule has 1 aliphatic heterocycles. The van der Waals surface area contributed by atoms with E-state index in [9.17, 15) is 4.79 Å². The first-order chi connectivity index (χ1) is 11.2. The van der Waals surface area contributed by atoms with Crippen LogP contribution in [0.25, 0.3) is 22.8 Å². The molecule has 0 aromatic carbocycles. The molecular formula is C14H12N8O. The minimum Gasteiger partial charge on any atom is -0.347 e. The van der Waals surface area contributed by atoms with Crippen LogP contribution in [0.3, 0.4) is 0 Å². The number of H-pyrrole nitrogens is 1. The fourth-order valence-electron chi connectivity index (χ4n) is 2.34. The van der Waals surface area contributed by atoms with Gasteiger partial charge in [-0.25, -0.2) is 15.0 Å². The molecule has 4 rings (SSSR count). The molecule has 3 aromatic heterocycles. The third kappa shape index (κ3) is 2.37. The molecule has 0 unspecified atom stereocenters. The maximum atomic E-state index is 11.5. The third-order valence-electron chi connectivity index (χ3n) is 3.46. The molecule has 0 atom stereocenters. The Morgan fingerprint density at radius 3 is 2.78 bits per heavy atom. The van der Waals surface area contributed by atoms with Crippen molar-refractivity contribution < 1.29 is 4.79 Å². The largest absolute Gasteiger partial charge is 0.347 e. The molecular weight excluding hydrogens is 296 g/mol. The van der Waals surface area contributed by atoms with Crippen LogP contribution in [0.4, 0.5) is 11.6 Å². The van der Waals surface area contributed by atoms with E-state index in [0.29, 0.717) is 28.8 Å². The third-order valence-corrected chi connectivity index (χ3v) is 3.46. The SMILES string of the molecule is CN1CC(=O)Nc2ncc(-c3ccc(-c4nc[nH]n4)nc3)nc21. The Bertz CT molecular complexity index is 859. The van der Waals surface area contributed by atoms with E-state index >= 15 is 0 Å². The lowest BCUT2D eigenvalue weighted by molar-refractivity contribution is -0.115. The molecule has 9 nitrogen and oxygen atoms in total. The van der Waals surface area contributed by atoms with Crippen LogP contribution >= 0.6 is 0 Å². The Morgan fingerprint density at radius 2 is 2.04 bits per heavy atom. The molecule has 1 amide bonds. The van der Waals surface area contributed by atoms with E-state index < -0.39 is 0 Å². The van der Waals surface area contributed by atoms with E-state index in [-0.39, 0.29) is 12.5 Å². The fraction of sp³-hybridized carbons (Fsp3) is 0.143. The molecule has 114 valence electrons. The summed E-state index contributed by atoms with van der Waals surface area (Å²) in [5.74, 6) is 1.55. The molecule has 0 fully saturated rings. The number of hydrogen-bond acceptors (Lipinski definition) is 7. The molecule has 0 spiro atoms. The van der Waals surface area contributed by atoms with Crippen molar-refractivity contribution in [3.05, 3.63) is 30.9 Å². The molecule has 1 aliphatic rings. The number of fused-ring (bicyclic) bond motifs is 1. The van der Waals surface area contributed by atoms with E-state index in [2.05, 4.69) is 35.5 Å². The lowest BCUT2D eigenvalue weighted by Gasteiger charge is -2.25. The second kappa shape index (κ2) is 5.13. The minimum absolute atomic E-state index is 0.0976. The highest BCUT2D eigenvalue weighted by Gasteiger charge is 2.22. The molecule has 23 heavy (non-hydrogen) atoms. The van der Waals surface area contributed by atoms with Crippen molar-refractivity contribution in [2.24, 2.45) is 0 Å². The number of aromatic amines is 1. The number of rotatable bonds is 2. The maximum absolute atomic E-state index is 11.5. The van der Waals surface area contributed by atoms with Gasteiger partial charge in [0.1, 0.15) is 12.0 Å². The first-order valence-electron chi connectivity index (χ1n) is 6.91. The van der Waals surface area contributed by atoms with Gasteiger partial charge in [0.2, 0.25) is 5.91 Å². The highest BCUT2D eigenvalue weighted by atomic mass is 16.2. The standard InChI is InChI=1S/C14H12N8O/c1-22-6-11(23)20-13-14(22)19-10(5-16-13)8-2-3-9(15-4-8)12-17-7-18-21-12/h2-5,7H,6H2,1H3,(H,16,20,23)(H,17,18,21). The number of amides is 1. The van der Waals surface area contributed by atoms with E-state index in [0.717, 1.165) is 5.56 Å². The monoisotopic (exact) mass is 308 g/mol. The topological polar surface area (TPSA) is 113 Å². The summed E-state index contributed by atoms with van der Waals surface area (Å²) in [6, 6.07) is 3.71. The van der Waals surface area contributed by atoms with Crippen LogP contribution in [-0.2, 0) is 4.79 Å². The van der Waals surface area contributed by atoms with Gasteiger partial charge in [-0.3, -0.25) is 14.9 Å². The molecule has 9 heteroatoms. The van der Waals surface area contributed by atoms with Gasteiger partial charge in [0.25, 0.3) is 0 Å². The van der Waals surface area contributed by atoms with Crippen molar-refractivity contribution in [2.45, 2.75) is 0 Å². The van der Waals surface area contributed by atoms with Crippen LogP contribution in [0.15, 0.2) is 30.9 Å². The predicted molar refractivity (Wildman–Crippen MR) is 82.5 cm³/mol. The zero-order valence-corrected chi connectivity index (χ0v) is 12.2. The molecule has 4 heterocycles. The van der Waals surface area contributed by atoms with Crippen molar-refractivity contribution >= 4 is 17.5 Å². The van der Waals surface area contributed by atoms with Crippen LogP contribution < -0.4 is 10.2 Å². The summed E-state index contributed by atoms with van der Waals surface area (Å²) < 4.78 is 0. The Kier molecular flexibility index (Phi) is 2.97. The van der Waals surface area contributed by atoms with Crippen molar-refractivity contribution in [2.75, 3.05) is 23.8 Å². The van der Waals surface area contributed by atoms with Gasteiger partial charge in [-0.15, -0.1) is 0 Å². The summed E-state index contributed by atoms with van der Waals surface area (Å²) in [7, 11) is 1.81. The van der Waals surface area contributed by atoms with Crippen molar-refractivity contribution in [1.82, 2.24) is 30.1 Å². The van der Waals surface area contributed by atoms with Gasteiger partial charge in [-0.05, 0) is 12.1 Å². The van der Waals surface area contributed by atoms with Crippen LogP contribution in [0, 0.1) is 0 Å². The van der Waals surface area contributed by atoms with Crippen LogP contribution in [0.2, 0.25) is 0 Å². The molecule has 2 N–H and O–H groups in total. The zero-order chi connectivity index (χ0) is 15.8. The summed E-state index contributed by atoms with van der Waals surface area (Å²) in [4.78, 5) is 30.5. The number of hydrogen-bond donors (Lipinski definition) is 2. The highest BCUT2D eigenvalue weighted by Crippen LogP contribution is 2.27. The van der Waals surface area contributed by atoms with Gasteiger partial charge in [0.15, 0.2) is 17.5 Å². The Hall–Kier alpha value is -3.36. The summed E-state index contributed by atoms with van der Waals surface area (Å²) in [6.45, 7) is 0.257. The molecule has 0 aliphatic carbocycles. The lowest BCUT2D eigenvalue weighted by atomic mass is 10.2. The van der Waals surface area contributed by atoms with Gasteiger partial charge < -0.3 is 10.2 Å².